The van der Waals surface area contributed by atoms with Gasteiger partial charge in [0, 0.05) is 12.8 Å². The van der Waals surface area contributed by atoms with Gasteiger partial charge in [-0.1, -0.05) is 109 Å². The van der Waals surface area contributed by atoms with Gasteiger partial charge in [-0.2, -0.15) is 114 Å². The maximum Gasteiger partial charge on any atom is 0.460 e. The van der Waals surface area contributed by atoms with E-state index >= 15 is 0 Å². The summed E-state index contributed by atoms with van der Waals surface area (Å²) in [7, 11) is 0. The number of benzene rings is 2. The van der Waals surface area contributed by atoms with Gasteiger partial charge < -0.3 is 9.47 Å². The summed E-state index contributed by atoms with van der Waals surface area (Å²) < 4.78 is 357. The number of ether oxygens (including phenoxy) is 2. The molecule has 0 unspecified atom stereocenters. The third-order valence-electron chi connectivity index (χ3n) is 19.2. The molecule has 2 aromatic rings. The van der Waals surface area contributed by atoms with Crippen molar-refractivity contribution in [2.24, 2.45) is 47.3 Å². The van der Waals surface area contributed by atoms with Gasteiger partial charge in [0.05, 0.1) is 11.8 Å². The van der Waals surface area contributed by atoms with Crippen LogP contribution < -0.4 is 9.47 Å². The van der Waals surface area contributed by atoms with Crippen LogP contribution in [0.25, 0.3) is 0 Å². The molecule has 0 bridgehead atoms. The predicted molar refractivity (Wildman–Crippen MR) is 288 cm³/mol. The summed E-state index contributed by atoms with van der Waals surface area (Å²) in [5.41, 5.74) is -0.507. The third kappa shape index (κ3) is 17.7. The molecule has 0 amide bonds. The molecule has 0 N–H and O–H groups in total. The predicted octanol–water partition coefficient (Wildman–Crippen LogP) is 22.5. The molecule has 0 saturated heterocycles. The average Bonchev–Trinajstić information content (AvgIpc) is 0.720. The lowest BCUT2D eigenvalue weighted by atomic mass is 9.68. The Hall–Kier alpha value is -4.44. The minimum absolute atomic E-state index is 0.0417. The zero-order chi connectivity index (χ0) is 70.2. The number of hydrogen-bond donors (Lipinski definition) is 0. The highest BCUT2D eigenvalue weighted by atomic mass is 19.4. The van der Waals surface area contributed by atoms with Crippen molar-refractivity contribution in [2.75, 3.05) is 0 Å². The Morgan fingerprint density at radius 3 is 0.860 bits per heavy atom. The first-order valence-corrected chi connectivity index (χ1v) is 31.2. The second-order valence-corrected chi connectivity index (χ2v) is 25.6. The Morgan fingerprint density at radius 2 is 0.591 bits per heavy atom. The van der Waals surface area contributed by atoms with E-state index in [4.69, 9.17) is 9.47 Å². The zero-order valence-electron chi connectivity index (χ0n) is 50.8. The van der Waals surface area contributed by atoms with Crippen LogP contribution in [0, 0.1) is 47.3 Å². The van der Waals surface area contributed by atoms with Crippen LogP contribution in [0.1, 0.15) is 185 Å². The van der Waals surface area contributed by atoms with Crippen molar-refractivity contribution in [2.45, 2.75) is 259 Å². The summed E-state index contributed by atoms with van der Waals surface area (Å²) in [6, 6.07) is 8.37. The molecule has 534 valence electrons. The van der Waals surface area contributed by atoms with E-state index < -0.39 is 109 Å². The maximum absolute atomic E-state index is 14.1. The lowest BCUT2D eigenvalue weighted by molar-refractivity contribution is -0.440. The van der Waals surface area contributed by atoms with Crippen LogP contribution in [-0.2, 0) is 22.4 Å². The number of esters is 2. The lowest BCUT2D eigenvalue weighted by Crippen LogP contribution is -2.70. The molecule has 4 nitrogen and oxygen atoms in total. The number of halogens is 26. The molecule has 0 aliphatic heterocycles. The average molecular weight is 1390 g/mol. The molecule has 0 spiro atoms. The van der Waals surface area contributed by atoms with E-state index in [1.54, 1.807) is 0 Å². The molecule has 2 aromatic carbocycles. The minimum Gasteiger partial charge on any atom is -0.426 e. The Labute approximate surface area is 521 Å². The van der Waals surface area contributed by atoms with Crippen molar-refractivity contribution in [3.05, 3.63) is 59.7 Å². The number of rotatable bonds is 27. The van der Waals surface area contributed by atoms with Gasteiger partial charge >= 0.3 is 83.5 Å². The van der Waals surface area contributed by atoms with Crippen molar-refractivity contribution in [3.63, 3.8) is 0 Å². The van der Waals surface area contributed by atoms with E-state index in [2.05, 4.69) is 13.8 Å². The van der Waals surface area contributed by atoms with Gasteiger partial charge in [0.2, 0.25) is 0 Å². The smallest absolute Gasteiger partial charge is 0.426 e. The molecule has 0 heterocycles. The quantitative estimate of drug-likeness (QED) is 0.0387. The fourth-order valence-electron chi connectivity index (χ4n) is 13.1. The van der Waals surface area contributed by atoms with Gasteiger partial charge in [-0.25, -0.2) is 0 Å². The lowest BCUT2D eigenvalue weighted by Gasteiger charge is -2.39. The molecular formula is C63H76F26O4. The van der Waals surface area contributed by atoms with Crippen LogP contribution in [0.15, 0.2) is 48.5 Å². The highest BCUT2D eigenvalue weighted by molar-refractivity contribution is 5.75. The number of hydrogen-bond acceptors (Lipinski definition) is 4. The Morgan fingerprint density at radius 1 is 0.333 bits per heavy atom. The monoisotopic (exact) mass is 1390 g/mol. The fourth-order valence-corrected chi connectivity index (χ4v) is 13.1. The van der Waals surface area contributed by atoms with Crippen molar-refractivity contribution in [3.8, 4) is 11.5 Å². The molecule has 4 aliphatic carbocycles. The van der Waals surface area contributed by atoms with Gasteiger partial charge in [0.15, 0.2) is 0 Å². The Kier molecular flexibility index (Phi) is 26.0. The summed E-state index contributed by atoms with van der Waals surface area (Å²) in [5.74, 6) is -71.8. The summed E-state index contributed by atoms with van der Waals surface area (Å²) in [6.07, 6.45) is 2.48. The highest BCUT2D eigenvalue weighted by Gasteiger charge is 2.92. The molecule has 0 atom stereocenters. The SMILES string of the molecule is CCCCC1CCC(C2CCC(C(=O)Oc3ccc(CCC(F)(F)C(F)(F)C(F)(F)C(F)(F)C(F)(F)C(F)(F)F)cc3)CC2)CC1.CCCCCC1CCC(C2CCC(C(=O)Oc3ccc(CCC(F)(F)C(F)(F)C(F)(F)C(F)(F)C(F)(F)C(F)(F)F)cc3)CC2)CC1. The first kappa shape index (κ1) is 79.3. The van der Waals surface area contributed by atoms with Gasteiger partial charge in [-0.05, 0) is 161 Å². The normalized spacial score (nSPS) is 24.0. The van der Waals surface area contributed by atoms with E-state index in [0.717, 1.165) is 86.1 Å². The third-order valence-corrected chi connectivity index (χ3v) is 19.2. The number of carbonyl (C=O) groups is 2. The number of alkyl halides is 26. The van der Waals surface area contributed by atoms with Crippen molar-refractivity contribution >= 4 is 11.9 Å². The summed E-state index contributed by atoms with van der Waals surface area (Å²) in [6.45, 7) is 4.37. The number of aryl methyl sites for hydroxylation is 2. The first-order valence-electron chi connectivity index (χ1n) is 31.2. The molecule has 4 fully saturated rings. The standard InChI is InChI=1S/C32H39F13O2.C31H37F13O2/c1-2-3-4-5-20-6-10-22(11-7-20)23-12-14-24(15-13-23)26(46)47-25-16-8-21(9-17-25)18-19-27(33,34)28(35,36)29(37,38)30(39,40)31(41,42)32(43,44)45;1-2-3-4-19-5-9-21(10-6-19)22-11-13-23(14-12-22)25(45)46-24-15-7-20(8-16-24)17-18-26(32,33)27(34,35)28(36,37)29(38,39)30(40,41)31(42,43)44/h8-9,16-17,20,22-24H,2-7,10-15,18-19H2,1H3;7-8,15-16,19,21-23H,2-6,9-14,17-18H2,1H3. The van der Waals surface area contributed by atoms with E-state index in [-0.39, 0.29) is 34.5 Å². The number of unbranched alkanes of at least 4 members (excludes halogenated alkanes) is 3. The summed E-state index contributed by atoms with van der Waals surface area (Å²) in [5, 5.41) is 0. The van der Waals surface area contributed by atoms with Crippen molar-refractivity contribution in [1.29, 1.82) is 0 Å². The second kappa shape index (κ2) is 30.5. The maximum atomic E-state index is 14.1. The topological polar surface area (TPSA) is 52.6 Å². The van der Waals surface area contributed by atoms with E-state index in [1.165, 1.54) is 96.3 Å². The molecule has 93 heavy (non-hydrogen) atoms. The van der Waals surface area contributed by atoms with Crippen molar-refractivity contribution in [1.82, 2.24) is 0 Å². The molecule has 6 rings (SSSR count). The summed E-state index contributed by atoms with van der Waals surface area (Å²) in [4.78, 5) is 25.4. The molecular weight excluding hydrogens is 1310 g/mol. The fraction of sp³-hybridized carbons (Fsp3) is 0.778. The van der Waals surface area contributed by atoms with Crippen LogP contribution in [-0.4, -0.2) is 83.5 Å². The van der Waals surface area contributed by atoms with Crippen LogP contribution in [0.5, 0.6) is 11.5 Å². The number of carbonyl (C=O) groups excluding carboxylic acids is 2. The second-order valence-electron chi connectivity index (χ2n) is 25.6. The first-order chi connectivity index (χ1) is 42.7. The van der Waals surface area contributed by atoms with Crippen LogP contribution in [0.2, 0.25) is 0 Å². The Balaban J connectivity index is 0.000000337. The molecule has 0 radical (unpaired) electrons. The van der Waals surface area contributed by atoms with Crippen LogP contribution in [0.4, 0.5) is 114 Å². The highest BCUT2D eigenvalue weighted by Crippen LogP contribution is 2.63. The van der Waals surface area contributed by atoms with Crippen LogP contribution in [0.3, 0.4) is 0 Å². The van der Waals surface area contributed by atoms with E-state index in [9.17, 15) is 124 Å². The van der Waals surface area contributed by atoms with Crippen LogP contribution >= 0.6 is 0 Å². The molecule has 4 saturated carbocycles. The van der Waals surface area contributed by atoms with Gasteiger partial charge in [0.25, 0.3) is 0 Å². The van der Waals surface area contributed by atoms with E-state index in [1.807, 2.05) is 0 Å². The Bertz CT molecular complexity index is 2640. The largest absolute Gasteiger partial charge is 0.460 e. The molecule has 4 aliphatic rings. The zero-order valence-corrected chi connectivity index (χ0v) is 50.8. The van der Waals surface area contributed by atoms with E-state index in [0.29, 0.717) is 49.4 Å². The van der Waals surface area contributed by atoms with Gasteiger partial charge in [-0.3, -0.25) is 9.59 Å². The molecule has 0 aromatic heterocycles. The van der Waals surface area contributed by atoms with Crippen molar-refractivity contribution < 1.29 is 133 Å². The summed E-state index contributed by atoms with van der Waals surface area (Å²) >= 11 is 0. The molecule has 30 heteroatoms. The van der Waals surface area contributed by atoms with Gasteiger partial charge in [0.1, 0.15) is 11.5 Å². The minimum atomic E-state index is -7.91. The van der Waals surface area contributed by atoms with Gasteiger partial charge in [-0.15, -0.1) is 0 Å².